The molecule has 29 heavy (non-hydrogen) atoms. The zero-order chi connectivity index (χ0) is 21.0. The predicted molar refractivity (Wildman–Crippen MR) is 111 cm³/mol. The molecule has 0 radical (unpaired) electrons. The van der Waals surface area contributed by atoms with Crippen molar-refractivity contribution in [1.29, 1.82) is 0 Å². The van der Waals surface area contributed by atoms with E-state index in [2.05, 4.69) is 20.3 Å². The number of nitrogens with zero attached hydrogens (tertiary/aromatic N) is 1. The average Bonchev–Trinajstić information content (AvgIpc) is 2.68. The molecule has 1 saturated heterocycles. The van der Waals surface area contributed by atoms with Crippen molar-refractivity contribution < 1.29 is 17.6 Å². The lowest BCUT2D eigenvalue weighted by molar-refractivity contribution is 0.0943. The third kappa shape index (κ3) is 5.24. The highest BCUT2D eigenvalue weighted by atomic mass is 32.2. The van der Waals surface area contributed by atoms with E-state index in [4.69, 9.17) is 0 Å². The summed E-state index contributed by atoms with van der Waals surface area (Å²) in [4.78, 5) is 14.8. The van der Waals surface area contributed by atoms with Gasteiger partial charge in [-0.15, -0.1) is 0 Å². The Kier molecular flexibility index (Phi) is 6.39. The second kappa shape index (κ2) is 8.79. The van der Waals surface area contributed by atoms with E-state index < -0.39 is 15.8 Å². The molecule has 156 valence electrons. The minimum Gasteiger partial charge on any atom is -0.368 e. The van der Waals surface area contributed by atoms with Crippen LogP contribution in [0.1, 0.15) is 24.2 Å². The maximum Gasteiger partial charge on any atom is 0.261 e. The zero-order valence-electron chi connectivity index (χ0n) is 16.4. The number of anilines is 2. The van der Waals surface area contributed by atoms with Crippen molar-refractivity contribution in [3.8, 4) is 0 Å². The second-order valence-electron chi connectivity index (χ2n) is 7.16. The predicted octanol–water partition coefficient (Wildman–Crippen LogP) is 2.17. The Bertz CT molecular complexity index is 972. The molecule has 0 saturated carbocycles. The quantitative estimate of drug-likeness (QED) is 0.666. The number of amides is 1. The smallest absolute Gasteiger partial charge is 0.261 e. The molecule has 0 bridgehead atoms. The van der Waals surface area contributed by atoms with Gasteiger partial charge in [0.05, 0.1) is 10.5 Å². The lowest BCUT2D eigenvalue weighted by Crippen LogP contribution is -2.44. The van der Waals surface area contributed by atoms with E-state index in [-0.39, 0.29) is 22.5 Å². The van der Waals surface area contributed by atoms with Crippen molar-refractivity contribution in [2.75, 3.05) is 35.8 Å². The molecule has 1 aliphatic heterocycles. The Morgan fingerprint density at radius 1 is 1.10 bits per heavy atom. The van der Waals surface area contributed by atoms with E-state index >= 15 is 0 Å². The third-order valence-corrected chi connectivity index (χ3v) is 5.89. The van der Waals surface area contributed by atoms with Gasteiger partial charge < -0.3 is 15.5 Å². The Balaban J connectivity index is 1.93. The molecular weight excluding hydrogens is 395 g/mol. The first-order valence-corrected chi connectivity index (χ1v) is 10.9. The standard InChI is InChI=1S/C20H25FN4O3S/c1-14(2)23-20(26)18-13-16(5-8-19(18)25-11-9-22-10-12-25)24-29(27,28)17-6-3-15(21)4-7-17/h3-8,13-14,22,24H,9-12H2,1-2H3,(H,23,26). The fourth-order valence-corrected chi connectivity index (χ4v) is 4.18. The Labute approximate surface area is 170 Å². The highest BCUT2D eigenvalue weighted by molar-refractivity contribution is 7.92. The Hall–Kier alpha value is -2.65. The number of rotatable bonds is 6. The molecular formula is C20H25FN4O3S. The zero-order valence-corrected chi connectivity index (χ0v) is 17.2. The van der Waals surface area contributed by atoms with Crippen LogP contribution in [0.2, 0.25) is 0 Å². The number of benzene rings is 2. The van der Waals surface area contributed by atoms with Crippen LogP contribution >= 0.6 is 0 Å². The minimum absolute atomic E-state index is 0.0572. The van der Waals surface area contributed by atoms with Crippen molar-refractivity contribution in [2.45, 2.75) is 24.8 Å². The Morgan fingerprint density at radius 2 is 1.76 bits per heavy atom. The van der Waals surface area contributed by atoms with Crippen molar-refractivity contribution in [2.24, 2.45) is 0 Å². The molecule has 1 fully saturated rings. The van der Waals surface area contributed by atoms with Gasteiger partial charge >= 0.3 is 0 Å². The van der Waals surface area contributed by atoms with Crippen molar-refractivity contribution in [3.05, 3.63) is 53.8 Å². The highest BCUT2D eigenvalue weighted by Gasteiger charge is 2.21. The molecule has 2 aromatic rings. The molecule has 0 aromatic heterocycles. The number of carbonyl (C=O) groups is 1. The van der Waals surface area contributed by atoms with Crippen molar-refractivity contribution in [3.63, 3.8) is 0 Å². The number of hydrogen-bond donors (Lipinski definition) is 3. The molecule has 1 amide bonds. The van der Waals surface area contributed by atoms with E-state index in [1.54, 1.807) is 12.1 Å². The third-order valence-electron chi connectivity index (χ3n) is 4.49. The van der Waals surface area contributed by atoms with Gasteiger partial charge in [0.15, 0.2) is 0 Å². The number of carbonyl (C=O) groups excluding carboxylic acids is 1. The molecule has 9 heteroatoms. The van der Waals surface area contributed by atoms with E-state index in [1.807, 2.05) is 13.8 Å². The van der Waals surface area contributed by atoms with Gasteiger partial charge in [-0.25, -0.2) is 12.8 Å². The first kappa shape index (κ1) is 21.1. The van der Waals surface area contributed by atoms with Crippen molar-refractivity contribution in [1.82, 2.24) is 10.6 Å². The summed E-state index contributed by atoms with van der Waals surface area (Å²) in [5.41, 5.74) is 1.43. The average molecular weight is 421 g/mol. The van der Waals surface area contributed by atoms with Gasteiger partial charge in [-0.05, 0) is 56.3 Å². The van der Waals surface area contributed by atoms with Crippen molar-refractivity contribution >= 4 is 27.3 Å². The fourth-order valence-electron chi connectivity index (χ4n) is 3.13. The van der Waals surface area contributed by atoms with Crippen LogP contribution in [0.3, 0.4) is 0 Å². The maximum absolute atomic E-state index is 13.1. The lowest BCUT2D eigenvalue weighted by atomic mass is 10.1. The topological polar surface area (TPSA) is 90.5 Å². The van der Waals surface area contributed by atoms with Gasteiger partial charge in [-0.3, -0.25) is 9.52 Å². The molecule has 0 aliphatic carbocycles. The van der Waals surface area contributed by atoms with E-state index in [1.165, 1.54) is 18.2 Å². The van der Waals surface area contributed by atoms with Crippen LogP contribution in [-0.2, 0) is 10.0 Å². The summed E-state index contributed by atoms with van der Waals surface area (Å²) in [6.07, 6.45) is 0. The summed E-state index contributed by atoms with van der Waals surface area (Å²) < 4.78 is 40.8. The van der Waals surface area contributed by atoms with E-state index in [9.17, 15) is 17.6 Å². The molecule has 2 aromatic carbocycles. The van der Waals surface area contributed by atoms with E-state index in [0.29, 0.717) is 5.56 Å². The number of halogens is 1. The number of nitrogens with one attached hydrogen (secondary N) is 3. The van der Waals surface area contributed by atoms with Gasteiger partial charge in [0.2, 0.25) is 0 Å². The summed E-state index contributed by atoms with van der Waals surface area (Å²) in [7, 11) is -3.91. The molecule has 1 heterocycles. The first-order chi connectivity index (χ1) is 13.8. The summed E-state index contributed by atoms with van der Waals surface area (Å²) in [6, 6.07) is 9.42. The summed E-state index contributed by atoms with van der Waals surface area (Å²) in [6.45, 7) is 6.85. The normalized spacial score (nSPS) is 14.7. The Morgan fingerprint density at radius 3 is 2.38 bits per heavy atom. The monoisotopic (exact) mass is 420 g/mol. The molecule has 0 spiro atoms. The first-order valence-electron chi connectivity index (χ1n) is 9.45. The number of hydrogen-bond acceptors (Lipinski definition) is 5. The van der Waals surface area contributed by atoms with E-state index in [0.717, 1.165) is 44.0 Å². The van der Waals surface area contributed by atoms with Gasteiger partial charge in [0, 0.05) is 43.6 Å². The molecule has 1 aliphatic rings. The molecule has 0 atom stereocenters. The molecule has 0 unspecified atom stereocenters. The number of piperazine rings is 1. The van der Waals surface area contributed by atoms with Crippen LogP contribution in [0.5, 0.6) is 0 Å². The highest BCUT2D eigenvalue weighted by Crippen LogP contribution is 2.26. The van der Waals surface area contributed by atoms with Crippen LogP contribution in [0.25, 0.3) is 0 Å². The van der Waals surface area contributed by atoms with Crippen LogP contribution < -0.4 is 20.3 Å². The fraction of sp³-hybridized carbons (Fsp3) is 0.350. The molecule has 7 nitrogen and oxygen atoms in total. The summed E-state index contributed by atoms with van der Waals surface area (Å²) in [5, 5.41) is 6.14. The van der Waals surface area contributed by atoms with Gasteiger partial charge in [0.25, 0.3) is 15.9 Å². The number of sulfonamides is 1. The van der Waals surface area contributed by atoms with Gasteiger partial charge in [-0.2, -0.15) is 0 Å². The molecule has 3 rings (SSSR count). The van der Waals surface area contributed by atoms with Crippen LogP contribution in [-0.4, -0.2) is 46.5 Å². The van der Waals surface area contributed by atoms with Crippen LogP contribution in [0, 0.1) is 5.82 Å². The molecule has 3 N–H and O–H groups in total. The largest absolute Gasteiger partial charge is 0.368 e. The van der Waals surface area contributed by atoms with Gasteiger partial charge in [-0.1, -0.05) is 0 Å². The second-order valence-corrected chi connectivity index (χ2v) is 8.84. The lowest BCUT2D eigenvalue weighted by Gasteiger charge is -2.31. The SMILES string of the molecule is CC(C)NC(=O)c1cc(NS(=O)(=O)c2ccc(F)cc2)ccc1N1CCNCC1. The summed E-state index contributed by atoms with van der Waals surface area (Å²) in [5.74, 6) is -0.784. The summed E-state index contributed by atoms with van der Waals surface area (Å²) >= 11 is 0. The van der Waals surface area contributed by atoms with Crippen LogP contribution in [0.4, 0.5) is 15.8 Å². The van der Waals surface area contributed by atoms with Crippen LogP contribution in [0.15, 0.2) is 47.4 Å². The minimum atomic E-state index is -3.91. The van der Waals surface area contributed by atoms with Gasteiger partial charge in [0.1, 0.15) is 5.82 Å². The maximum atomic E-state index is 13.1.